The van der Waals surface area contributed by atoms with Crippen LogP contribution in [0.3, 0.4) is 0 Å². The van der Waals surface area contributed by atoms with Crippen LogP contribution in [0, 0.1) is 0 Å². The van der Waals surface area contributed by atoms with Crippen molar-refractivity contribution < 1.29 is 9.21 Å². The third-order valence-electron chi connectivity index (χ3n) is 4.48. The van der Waals surface area contributed by atoms with Gasteiger partial charge in [-0.1, -0.05) is 18.2 Å². The number of furan rings is 1. The standard InChI is InChI=1S/C21H17N3O4/c1-23(13-16-8-5-11-28-16)19(25)14-9-10-17-18(12-14)22-21(27)24(20(17)26)15-6-3-2-4-7-15/h2-12H,13H2,1H3,(H,22,27). The molecule has 2 aromatic carbocycles. The SMILES string of the molecule is CN(Cc1ccco1)C(=O)c1ccc2c(=O)n(-c3ccccc3)c(=O)[nH]c2c1. The normalized spacial score (nSPS) is 10.9. The van der Waals surface area contributed by atoms with Crippen molar-refractivity contribution >= 4 is 16.8 Å². The number of amides is 1. The van der Waals surface area contributed by atoms with Crippen molar-refractivity contribution in [2.24, 2.45) is 0 Å². The molecule has 0 radical (unpaired) electrons. The van der Waals surface area contributed by atoms with E-state index >= 15 is 0 Å². The van der Waals surface area contributed by atoms with E-state index in [1.165, 1.54) is 11.0 Å². The number of carbonyl (C=O) groups excluding carboxylic acids is 1. The van der Waals surface area contributed by atoms with Gasteiger partial charge in [-0.2, -0.15) is 0 Å². The summed E-state index contributed by atoms with van der Waals surface area (Å²) in [5.41, 5.74) is 0.174. The zero-order chi connectivity index (χ0) is 19.7. The molecule has 2 heterocycles. The lowest BCUT2D eigenvalue weighted by molar-refractivity contribution is 0.0775. The van der Waals surface area contributed by atoms with Crippen molar-refractivity contribution in [3.05, 3.63) is 99.1 Å². The Morgan fingerprint density at radius 3 is 2.57 bits per heavy atom. The molecule has 0 fully saturated rings. The highest BCUT2D eigenvalue weighted by Gasteiger charge is 2.16. The Morgan fingerprint density at radius 1 is 1.07 bits per heavy atom. The molecule has 0 saturated carbocycles. The van der Waals surface area contributed by atoms with E-state index in [4.69, 9.17) is 4.42 Å². The molecule has 4 aromatic rings. The van der Waals surface area contributed by atoms with Crippen molar-refractivity contribution in [2.75, 3.05) is 7.05 Å². The third-order valence-corrected chi connectivity index (χ3v) is 4.48. The van der Waals surface area contributed by atoms with Crippen LogP contribution in [0.5, 0.6) is 0 Å². The summed E-state index contributed by atoms with van der Waals surface area (Å²) in [5, 5.41) is 0.327. The van der Waals surface area contributed by atoms with Gasteiger partial charge in [-0.15, -0.1) is 0 Å². The summed E-state index contributed by atoms with van der Waals surface area (Å²) in [5.74, 6) is 0.419. The lowest BCUT2D eigenvalue weighted by Crippen LogP contribution is -2.33. The highest BCUT2D eigenvalue weighted by Crippen LogP contribution is 2.14. The topological polar surface area (TPSA) is 88.3 Å². The van der Waals surface area contributed by atoms with Crippen LogP contribution in [-0.4, -0.2) is 27.4 Å². The van der Waals surface area contributed by atoms with E-state index in [0.29, 0.717) is 34.5 Å². The second-order valence-corrected chi connectivity index (χ2v) is 6.41. The number of hydrogen-bond acceptors (Lipinski definition) is 4. The quantitative estimate of drug-likeness (QED) is 0.594. The molecular formula is C21H17N3O4. The zero-order valence-corrected chi connectivity index (χ0v) is 15.1. The van der Waals surface area contributed by atoms with Gasteiger partial charge in [-0.25, -0.2) is 9.36 Å². The molecule has 0 spiro atoms. The van der Waals surface area contributed by atoms with Gasteiger partial charge in [0.15, 0.2) is 0 Å². The summed E-state index contributed by atoms with van der Waals surface area (Å²) in [6, 6.07) is 16.9. The maximum Gasteiger partial charge on any atom is 0.333 e. The van der Waals surface area contributed by atoms with E-state index < -0.39 is 11.2 Å². The molecule has 0 atom stereocenters. The molecule has 1 N–H and O–H groups in total. The number of para-hydroxylation sites is 1. The summed E-state index contributed by atoms with van der Waals surface area (Å²) >= 11 is 0. The first-order chi connectivity index (χ1) is 13.5. The van der Waals surface area contributed by atoms with Gasteiger partial charge in [-0.3, -0.25) is 9.59 Å². The van der Waals surface area contributed by atoms with E-state index in [1.54, 1.807) is 67.9 Å². The first-order valence-corrected chi connectivity index (χ1v) is 8.67. The van der Waals surface area contributed by atoms with Crippen LogP contribution in [-0.2, 0) is 6.54 Å². The monoisotopic (exact) mass is 375 g/mol. The predicted molar refractivity (Wildman–Crippen MR) is 105 cm³/mol. The number of hydrogen-bond donors (Lipinski definition) is 1. The second kappa shape index (κ2) is 7.03. The van der Waals surface area contributed by atoms with Gasteiger partial charge >= 0.3 is 5.69 Å². The molecule has 28 heavy (non-hydrogen) atoms. The number of H-pyrrole nitrogens is 1. The summed E-state index contributed by atoms with van der Waals surface area (Å²) in [6.07, 6.45) is 1.55. The van der Waals surface area contributed by atoms with Crippen LogP contribution < -0.4 is 11.2 Å². The molecule has 0 unspecified atom stereocenters. The maximum absolute atomic E-state index is 12.8. The largest absolute Gasteiger partial charge is 0.467 e. The number of benzene rings is 2. The fourth-order valence-corrected chi connectivity index (χ4v) is 3.09. The number of nitrogens with one attached hydrogen (secondary N) is 1. The minimum atomic E-state index is -0.558. The molecule has 4 rings (SSSR count). The van der Waals surface area contributed by atoms with E-state index in [-0.39, 0.29) is 5.91 Å². The lowest BCUT2D eigenvalue weighted by atomic mass is 10.1. The fraction of sp³-hybridized carbons (Fsp3) is 0.0952. The first-order valence-electron chi connectivity index (χ1n) is 8.67. The molecule has 2 aromatic heterocycles. The minimum Gasteiger partial charge on any atom is -0.467 e. The molecule has 140 valence electrons. The number of fused-ring (bicyclic) bond motifs is 1. The maximum atomic E-state index is 12.8. The summed E-state index contributed by atoms with van der Waals surface area (Å²) < 4.78 is 6.34. The fourth-order valence-electron chi connectivity index (χ4n) is 3.09. The average molecular weight is 375 g/mol. The Kier molecular flexibility index (Phi) is 4.41. The number of carbonyl (C=O) groups is 1. The van der Waals surface area contributed by atoms with Gasteiger partial charge in [0.2, 0.25) is 0 Å². The van der Waals surface area contributed by atoms with E-state index in [2.05, 4.69) is 4.98 Å². The van der Waals surface area contributed by atoms with Gasteiger partial charge in [0.05, 0.1) is 29.4 Å². The average Bonchev–Trinajstić information content (AvgIpc) is 3.20. The molecule has 7 nitrogen and oxygen atoms in total. The van der Waals surface area contributed by atoms with Gasteiger partial charge in [0, 0.05) is 12.6 Å². The van der Waals surface area contributed by atoms with E-state index in [0.717, 1.165) is 4.57 Å². The van der Waals surface area contributed by atoms with Crippen molar-refractivity contribution in [3.8, 4) is 5.69 Å². The van der Waals surface area contributed by atoms with Gasteiger partial charge in [0.25, 0.3) is 11.5 Å². The molecule has 0 aliphatic carbocycles. The summed E-state index contributed by atoms with van der Waals surface area (Å²) in [7, 11) is 1.66. The van der Waals surface area contributed by atoms with Crippen LogP contribution in [0.1, 0.15) is 16.1 Å². The highest BCUT2D eigenvalue weighted by molar-refractivity contribution is 5.97. The van der Waals surface area contributed by atoms with Crippen LogP contribution in [0.15, 0.2) is 80.9 Å². The predicted octanol–water partition coefficient (Wildman–Crippen LogP) is 2.54. The highest BCUT2D eigenvalue weighted by atomic mass is 16.3. The minimum absolute atomic E-state index is 0.244. The number of nitrogens with zero attached hydrogens (tertiary/aromatic N) is 2. The van der Waals surface area contributed by atoms with Gasteiger partial charge < -0.3 is 14.3 Å². The van der Waals surface area contributed by atoms with Crippen molar-refractivity contribution in [1.82, 2.24) is 14.5 Å². The second-order valence-electron chi connectivity index (χ2n) is 6.41. The molecule has 0 bridgehead atoms. The number of aromatic amines is 1. The number of rotatable bonds is 4. The van der Waals surface area contributed by atoms with Crippen LogP contribution >= 0.6 is 0 Å². The van der Waals surface area contributed by atoms with Crippen LogP contribution in [0.4, 0.5) is 0 Å². The van der Waals surface area contributed by atoms with Crippen LogP contribution in [0.25, 0.3) is 16.6 Å². The van der Waals surface area contributed by atoms with Gasteiger partial charge in [-0.05, 0) is 42.5 Å². The molecule has 1 amide bonds. The van der Waals surface area contributed by atoms with Crippen molar-refractivity contribution in [2.45, 2.75) is 6.54 Å². The van der Waals surface area contributed by atoms with Gasteiger partial charge in [0.1, 0.15) is 5.76 Å². The summed E-state index contributed by atoms with van der Waals surface area (Å²) in [4.78, 5) is 42.2. The Hall–Kier alpha value is -3.87. The Balaban J connectivity index is 1.73. The lowest BCUT2D eigenvalue weighted by Gasteiger charge is -2.16. The van der Waals surface area contributed by atoms with Crippen molar-refractivity contribution in [1.29, 1.82) is 0 Å². The Bertz CT molecular complexity index is 1250. The third kappa shape index (κ3) is 3.14. The Labute approximate surface area is 159 Å². The molecule has 0 aliphatic rings. The van der Waals surface area contributed by atoms with E-state index in [1.807, 2.05) is 0 Å². The Morgan fingerprint density at radius 2 is 1.86 bits per heavy atom. The van der Waals surface area contributed by atoms with Crippen molar-refractivity contribution in [3.63, 3.8) is 0 Å². The molecule has 7 heteroatoms. The molecule has 0 aliphatic heterocycles. The molecule has 0 saturated heterocycles. The smallest absolute Gasteiger partial charge is 0.333 e. The van der Waals surface area contributed by atoms with Crippen LogP contribution in [0.2, 0.25) is 0 Å². The first kappa shape index (κ1) is 17.5. The molecular weight excluding hydrogens is 358 g/mol. The summed E-state index contributed by atoms with van der Waals surface area (Å²) in [6.45, 7) is 0.315. The zero-order valence-electron chi connectivity index (χ0n) is 15.1. The number of aromatic nitrogens is 2. The van der Waals surface area contributed by atoms with E-state index in [9.17, 15) is 14.4 Å².